The highest BCUT2D eigenvalue weighted by atomic mass is 35.5. The molecule has 12 heavy (non-hydrogen) atoms. The first kappa shape index (κ1) is 8.81. The molecular formula is C6ClF3N2. The summed E-state index contributed by atoms with van der Waals surface area (Å²) in [6.07, 6.45) is 0. The number of aromatic nitrogens is 1. The van der Waals surface area contributed by atoms with E-state index in [0.29, 0.717) is 0 Å². The quantitative estimate of drug-likeness (QED) is 0.590. The maximum Gasteiger partial charge on any atom is 0.253 e. The Labute approximate surface area is 70.2 Å². The van der Waals surface area contributed by atoms with Gasteiger partial charge in [0.25, 0.3) is 5.95 Å². The van der Waals surface area contributed by atoms with Crippen molar-refractivity contribution in [1.82, 2.24) is 4.98 Å². The van der Waals surface area contributed by atoms with Crippen molar-refractivity contribution in [2.45, 2.75) is 0 Å². The van der Waals surface area contributed by atoms with Crippen LogP contribution in [0.1, 0.15) is 5.69 Å². The summed E-state index contributed by atoms with van der Waals surface area (Å²) < 4.78 is 37.1. The Kier molecular flexibility index (Phi) is 2.20. The van der Waals surface area contributed by atoms with Crippen molar-refractivity contribution in [1.29, 1.82) is 5.26 Å². The van der Waals surface area contributed by atoms with Crippen molar-refractivity contribution < 1.29 is 13.2 Å². The number of nitriles is 1. The van der Waals surface area contributed by atoms with Gasteiger partial charge in [-0.05, 0) is 0 Å². The van der Waals surface area contributed by atoms with Gasteiger partial charge in [-0.3, -0.25) is 0 Å². The predicted octanol–water partition coefficient (Wildman–Crippen LogP) is 2.02. The van der Waals surface area contributed by atoms with E-state index in [1.54, 1.807) is 0 Å². The molecule has 0 unspecified atom stereocenters. The first-order valence-corrected chi connectivity index (χ1v) is 3.05. The maximum absolute atomic E-state index is 12.5. The minimum atomic E-state index is -1.78. The molecule has 0 aromatic carbocycles. The standard InChI is InChI=1S/C6ClF3N2/c7-3-2(1-11)12-6(10)5(9)4(3)8. The molecule has 2 nitrogen and oxygen atoms in total. The Morgan fingerprint density at radius 2 is 1.83 bits per heavy atom. The molecule has 0 saturated carbocycles. The third-order valence-corrected chi connectivity index (χ3v) is 1.44. The summed E-state index contributed by atoms with van der Waals surface area (Å²) in [5, 5.41) is 7.40. The first-order chi connectivity index (χ1) is 5.57. The molecule has 0 aliphatic heterocycles. The monoisotopic (exact) mass is 192 g/mol. The van der Waals surface area contributed by atoms with Crippen LogP contribution in [0.5, 0.6) is 0 Å². The Hall–Kier alpha value is -1.28. The van der Waals surface area contributed by atoms with E-state index in [0.717, 1.165) is 0 Å². The van der Waals surface area contributed by atoms with E-state index in [4.69, 9.17) is 16.9 Å². The van der Waals surface area contributed by atoms with Gasteiger partial charge in [0.15, 0.2) is 11.5 Å². The molecule has 0 spiro atoms. The van der Waals surface area contributed by atoms with Gasteiger partial charge < -0.3 is 0 Å². The fourth-order valence-electron chi connectivity index (χ4n) is 0.561. The summed E-state index contributed by atoms with van der Waals surface area (Å²) in [4.78, 5) is 2.78. The Bertz CT molecular complexity index is 372. The van der Waals surface area contributed by atoms with Crippen LogP contribution in [-0.4, -0.2) is 4.98 Å². The second kappa shape index (κ2) is 2.99. The normalized spacial score (nSPS) is 9.58. The average Bonchev–Trinajstić information content (AvgIpc) is 2.08. The van der Waals surface area contributed by atoms with Gasteiger partial charge in [0, 0.05) is 0 Å². The summed E-state index contributed by atoms with van der Waals surface area (Å²) >= 11 is 5.10. The van der Waals surface area contributed by atoms with Crippen LogP contribution in [0.4, 0.5) is 13.2 Å². The average molecular weight is 193 g/mol. The third kappa shape index (κ3) is 1.21. The molecule has 1 heterocycles. The van der Waals surface area contributed by atoms with Crippen LogP contribution in [0, 0.1) is 28.9 Å². The molecule has 0 N–H and O–H groups in total. The van der Waals surface area contributed by atoms with Crippen LogP contribution in [0.3, 0.4) is 0 Å². The molecule has 0 fully saturated rings. The first-order valence-electron chi connectivity index (χ1n) is 2.68. The molecule has 1 aromatic rings. The molecule has 0 amide bonds. The number of hydrogen-bond acceptors (Lipinski definition) is 2. The molecule has 0 radical (unpaired) electrons. The van der Waals surface area contributed by atoms with Crippen molar-refractivity contribution in [3.8, 4) is 6.07 Å². The Morgan fingerprint density at radius 1 is 1.25 bits per heavy atom. The highest BCUT2D eigenvalue weighted by Crippen LogP contribution is 2.21. The fourth-order valence-corrected chi connectivity index (χ4v) is 0.729. The number of halogens is 4. The van der Waals surface area contributed by atoms with E-state index in [-0.39, 0.29) is 0 Å². The molecule has 0 aliphatic rings. The number of pyridine rings is 1. The van der Waals surface area contributed by atoms with Crippen molar-refractivity contribution in [3.05, 3.63) is 28.3 Å². The summed E-state index contributed by atoms with van der Waals surface area (Å²) in [7, 11) is 0. The lowest BCUT2D eigenvalue weighted by atomic mass is 10.3. The lowest BCUT2D eigenvalue weighted by Gasteiger charge is -1.97. The second-order valence-electron chi connectivity index (χ2n) is 1.80. The van der Waals surface area contributed by atoms with Crippen molar-refractivity contribution in [2.24, 2.45) is 0 Å². The van der Waals surface area contributed by atoms with Crippen molar-refractivity contribution in [2.75, 3.05) is 0 Å². The highest BCUT2D eigenvalue weighted by Gasteiger charge is 2.18. The van der Waals surface area contributed by atoms with Gasteiger partial charge in [-0.15, -0.1) is 0 Å². The zero-order valence-corrected chi connectivity index (χ0v) is 6.16. The predicted molar refractivity (Wildman–Crippen MR) is 33.8 cm³/mol. The van der Waals surface area contributed by atoms with E-state index in [9.17, 15) is 13.2 Å². The molecule has 1 aromatic heterocycles. The van der Waals surface area contributed by atoms with E-state index in [2.05, 4.69) is 4.98 Å². The smallest absolute Gasteiger partial charge is 0.204 e. The lowest BCUT2D eigenvalue weighted by Crippen LogP contribution is -1.99. The van der Waals surface area contributed by atoms with Crippen LogP contribution in [0.2, 0.25) is 5.02 Å². The minimum Gasteiger partial charge on any atom is -0.204 e. The van der Waals surface area contributed by atoms with Crippen molar-refractivity contribution >= 4 is 11.6 Å². The molecule has 6 heteroatoms. The fraction of sp³-hybridized carbons (Fsp3) is 0. The zero-order valence-electron chi connectivity index (χ0n) is 5.41. The van der Waals surface area contributed by atoms with Crippen LogP contribution < -0.4 is 0 Å². The molecule has 62 valence electrons. The van der Waals surface area contributed by atoms with Gasteiger partial charge in [-0.25, -0.2) is 9.37 Å². The molecule has 0 saturated heterocycles. The zero-order chi connectivity index (χ0) is 9.30. The molecular weight excluding hydrogens is 193 g/mol. The topological polar surface area (TPSA) is 36.7 Å². The molecule has 1 rings (SSSR count). The van der Waals surface area contributed by atoms with Crippen LogP contribution >= 0.6 is 11.6 Å². The van der Waals surface area contributed by atoms with Gasteiger partial charge in [0.05, 0.1) is 0 Å². The van der Waals surface area contributed by atoms with Gasteiger partial charge in [-0.2, -0.15) is 14.0 Å². The van der Waals surface area contributed by atoms with Crippen LogP contribution in [0.15, 0.2) is 0 Å². The Balaban J connectivity index is 3.52. The van der Waals surface area contributed by atoms with Crippen molar-refractivity contribution in [3.63, 3.8) is 0 Å². The highest BCUT2D eigenvalue weighted by molar-refractivity contribution is 6.31. The van der Waals surface area contributed by atoms with Gasteiger partial charge >= 0.3 is 0 Å². The minimum absolute atomic E-state index is 0.673. The molecule has 0 atom stereocenters. The van der Waals surface area contributed by atoms with Crippen LogP contribution in [0.25, 0.3) is 0 Å². The lowest BCUT2D eigenvalue weighted by molar-refractivity contribution is 0.426. The van der Waals surface area contributed by atoms with Gasteiger partial charge in [-0.1, -0.05) is 11.6 Å². The van der Waals surface area contributed by atoms with Gasteiger partial charge in [0.1, 0.15) is 11.1 Å². The van der Waals surface area contributed by atoms with E-state index >= 15 is 0 Å². The molecule has 0 bridgehead atoms. The van der Waals surface area contributed by atoms with E-state index in [1.807, 2.05) is 0 Å². The summed E-state index contributed by atoms with van der Waals surface area (Å²) in [5.74, 6) is -5.05. The Morgan fingerprint density at radius 3 is 2.33 bits per heavy atom. The third-order valence-electron chi connectivity index (χ3n) is 1.09. The summed E-state index contributed by atoms with van der Waals surface area (Å²) in [6.45, 7) is 0. The number of rotatable bonds is 0. The summed E-state index contributed by atoms with van der Waals surface area (Å²) in [6, 6.07) is 1.31. The van der Waals surface area contributed by atoms with Gasteiger partial charge in [0.2, 0.25) is 5.82 Å². The van der Waals surface area contributed by atoms with Crippen LogP contribution in [-0.2, 0) is 0 Å². The molecule has 0 aliphatic carbocycles. The van der Waals surface area contributed by atoms with E-state index < -0.39 is 28.3 Å². The number of hydrogen-bond donors (Lipinski definition) is 0. The SMILES string of the molecule is N#Cc1nc(F)c(F)c(F)c1Cl. The summed E-state index contributed by atoms with van der Waals surface area (Å²) in [5.41, 5.74) is -0.673. The largest absolute Gasteiger partial charge is 0.253 e. The second-order valence-corrected chi connectivity index (χ2v) is 2.18. The maximum atomic E-state index is 12.5. The number of nitrogens with zero attached hydrogens (tertiary/aromatic N) is 2. The van der Waals surface area contributed by atoms with E-state index in [1.165, 1.54) is 6.07 Å².